The van der Waals surface area contributed by atoms with E-state index >= 15 is 0 Å². The summed E-state index contributed by atoms with van der Waals surface area (Å²) in [7, 11) is 0. The van der Waals surface area contributed by atoms with Crippen molar-refractivity contribution in [2.75, 3.05) is 16.3 Å². The number of nitrogens with zero attached hydrogens (tertiary/aromatic N) is 2. The molecule has 2 aromatic carbocycles. The fourth-order valence-corrected chi connectivity index (χ4v) is 4.63. The van der Waals surface area contributed by atoms with Gasteiger partial charge in [0.15, 0.2) is 0 Å². The third kappa shape index (κ3) is 3.51. The van der Waals surface area contributed by atoms with E-state index in [1.54, 1.807) is 18.2 Å². The number of para-hydroxylation sites is 1. The molecule has 6 heteroatoms. The van der Waals surface area contributed by atoms with Gasteiger partial charge in [-0.3, -0.25) is 14.9 Å². The number of imide groups is 2. The van der Waals surface area contributed by atoms with Crippen molar-refractivity contribution < 1.29 is 14.4 Å². The van der Waals surface area contributed by atoms with Crippen LogP contribution < -0.4 is 15.1 Å². The van der Waals surface area contributed by atoms with Crippen molar-refractivity contribution >= 4 is 40.9 Å². The Hall–Kier alpha value is -3.67. The van der Waals surface area contributed by atoms with Crippen molar-refractivity contribution in [3.63, 3.8) is 0 Å². The quantitative estimate of drug-likeness (QED) is 0.568. The fourth-order valence-electron chi connectivity index (χ4n) is 4.63. The number of fused-ring (bicyclic) bond motifs is 1. The number of benzene rings is 2. The SMILES string of the molecule is CCN1c2ccc(/C=C3\C(=O)NC(=O)N(c4ccccc4C)C3=O)cc2C(C)=CC1(C)C. The summed E-state index contributed by atoms with van der Waals surface area (Å²) < 4.78 is 0. The van der Waals surface area contributed by atoms with Gasteiger partial charge in [0.05, 0.1) is 11.2 Å². The highest BCUT2D eigenvalue weighted by Crippen LogP contribution is 2.39. The zero-order valence-electron chi connectivity index (χ0n) is 19.0. The lowest BCUT2D eigenvalue weighted by Crippen LogP contribution is -2.54. The monoisotopic (exact) mass is 429 g/mol. The first-order valence-electron chi connectivity index (χ1n) is 10.7. The Morgan fingerprint density at radius 2 is 1.72 bits per heavy atom. The predicted molar refractivity (Wildman–Crippen MR) is 127 cm³/mol. The number of carbonyl (C=O) groups excluding carboxylic acids is 3. The molecule has 0 bridgehead atoms. The number of allylic oxidation sites excluding steroid dienone is 1. The van der Waals surface area contributed by atoms with Crippen LogP contribution in [0.25, 0.3) is 11.6 Å². The van der Waals surface area contributed by atoms with Gasteiger partial charge in [-0.15, -0.1) is 0 Å². The van der Waals surface area contributed by atoms with Crippen molar-refractivity contribution in [1.29, 1.82) is 0 Å². The fraction of sp³-hybridized carbons (Fsp3) is 0.269. The molecule has 1 fully saturated rings. The van der Waals surface area contributed by atoms with E-state index in [-0.39, 0.29) is 11.1 Å². The van der Waals surface area contributed by atoms with E-state index in [0.29, 0.717) is 5.69 Å². The highest BCUT2D eigenvalue weighted by molar-refractivity contribution is 6.39. The van der Waals surface area contributed by atoms with Crippen molar-refractivity contribution in [1.82, 2.24) is 5.32 Å². The van der Waals surface area contributed by atoms with Crippen molar-refractivity contribution in [3.8, 4) is 0 Å². The van der Waals surface area contributed by atoms with Gasteiger partial charge in [0, 0.05) is 17.8 Å². The summed E-state index contributed by atoms with van der Waals surface area (Å²) in [6.45, 7) is 11.2. The number of nitrogens with one attached hydrogen (secondary N) is 1. The van der Waals surface area contributed by atoms with Crippen LogP contribution in [0.3, 0.4) is 0 Å². The second-order valence-electron chi connectivity index (χ2n) is 8.75. The van der Waals surface area contributed by atoms with Gasteiger partial charge in [-0.2, -0.15) is 0 Å². The highest BCUT2D eigenvalue weighted by Gasteiger charge is 2.37. The van der Waals surface area contributed by atoms with Gasteiger partial charge in [-0.25, -0.2) is 9.69 Å². The van der Waals surface area contributed by atoms with E-state index in [2.05, 4.69) is 44.0 Å². The number of aryl methyl sites for hydroxylation is 1. The smallest absolute Gasteiger partial charge is 0.335 e. The molecule has 1 saturated heterocycles. The summed E-state index contributed by atoms with van der Waals surface area (Å²) >= 11 is 0. The number of urea groups is 1. The van der Waals surface area contributed by atoms with Crippen LogP contribution >= 0.6 is 0 Å². The summed E-state index contributed by atoms with van der Waals surface area (Å²) in [5.74, 6) is -1.32. The van der Waals surface area contributed by atoms with Crippen LogP contribution in [0.5, 0.6) is 0 Å². The second kappa shape index (κ2) is 7.79. The minimum atomic E-state index is -0.739. The molecule has 164 valence electrons. The molecule has 2 aromatic rings. The Balaban J connectivity index is 1.76. The number of rotatable bonds is 3. The average molecular weight is 430 g/mol. The molecule has 0 spiro atoms. The predicted octanol–water partition coefficient (Wildman–Crippen LogP) is 4.68. The Morgan fingerprint density at radius 1 is 1.00 bits per heavy atom. The van der Waals surface area contributed by atoms with Gasteiger partial charge < -0.3 is 4.90 Å². The molecule has 4 rings (SSSR count). The lowest BCUT2D eigenvalue weighted by Gasteiger charge is -2.42. The van der Waals surface area contributed by atoms with Crippen LogP contribution in [0.15, 0.2) is 54.1 Å². The van der Waals surface area contributed by atoms with Crippen LogP contribution in [0, 0.1) is 6.92 Å². The van der Waals surface area contributed by atoms with Crippen LogP contribution in [0.4, 0.5) is 16.2 Å². The third-order valence-corrected chi connectivity index (χ3v) is 6.09. The van der Waals surface area contributed by atoms with Crippen molar-refractivity contribution in [2.24, 2.45) is 0 Å². The van der Waals surface area contributed by atoms with E-state index in [1.807, 2.05) is 37.3 Å². The van der Waals surface area contributed by atoms with Crippen LogP contribution in [0.2, 0.25) is 0 Å². The molecule has 2 aliphatic rings. The molecule has 0 atom stereocenters. The second-order valence-corrected chi connectivity index (χ2v) is 8.75. The number of barbiturate groups is 1. The minimum Gasteiger partial charge on any atom is -0.363 e. The lowest BCUT2D eigenvalue weighted by atomic mass is 9.88. The van der Waals surface area contributed by atoms with Crippen molar-refractivity contribution in [2.45, 2.75) is 40.2 Å². The van der Waals surface area contributed by atoms with Gasteiger partial charge in [-0.05, 0) is 75.6 Å². The summed E-state index contributed by atoms with van der Waals surface area (Å²) in [6, 6.07) is 12.3. The maximum atomic E-state index is 13.2. The normalized spacial score (nSPS) is 19.1. The number of hydrogen-bond donors (Lipinski definition) is 1. The topological polar surface area (TPSA) is 69.7 Å². The first-order chi connectivity index (χ1) is 15.1. The molecule has 0 aliphatic carbocycles. The Labute approximate surface area is 188 Å². The molecule has 4 amide bonds. The maximum absolute atomic E-state index is 13.2. The molecular formula is C26H27N3O3. The van der Waals surface area contributed by atoms with Gasteiger partial charge in [0.2, 0.25) is 0 Å². The number of carbonyl (C=O) groups is 3. The molecule has 0 saturated carbocycles. The van der Waals surface area contributed by atoms with E-state index in [9.17, 15) is 14.4 Å². The van der Waals surface area contributed by atoms with E-state index in [4.69, 9.17) is 0 Å². The van der Waals surface area contributed by atoms with E-state index in [1.165, 1.54) is 0 Å². The van der Waals surface area contributed by atoms with E-state index in [0.717, 1.165) is 39.4 Å². The number of hydrogen-bond acceptors (Lipinski definition) is 4. The van der Waals surface area contributed by atoms with Gasteiger partial charge in [0.1, 0.15) is 5.57 Å². The molecule has 6 nitrogen and oxygen atoms in total. The first-order valence-corrected chi connectivity index (χ1v) is 10.7. The summed E-state index contributed by atoms with van der Waals surface area (Å²) in [6.07, 6.45) is 3.78. The molecule has 0 unspecified atom stereocenters. The Morgan fingerprint density at radius 3 is 2.41 bits per heavy atom. The lowest BCUT2D eigenvalue weighted by molar-refractivity contribution is -0.122. The molecule has 32 heavy (non-hydrogen) atoms. The average Bonchev–Trinajstić information content (AvgIpc) is 2.72. The van der Waals surface area contributed by atoms with Crippen LogP contribution in [-0.2, 0) is 9.59 Å². The van der Waals surface area contributed by atoms with E-state index < -0.39 is 17.8 Å². The minimum absolute atomic E-state index is 0.0714. The maximum Gasteiger partial charge on any atom is 0.335 e. The standard InChI is InChI=1S/C26H27N3O3/c1-6-28-22-12-11-18(13-19(22)17(3)15-26(28,4)5)14-20-23(30)27-25(32)29(24(20)31)21-10-8-7-9-16(21)2/h7-15H,6H2,1-5H3,(H,27,30,32)/b20-14+. The molecule has 0 aromatic heterocycles. The summed E-state index contributed by atoms with van der Waals surface area (Å²) in [4.78, 5) is 41.6. The van der Waals surface area contributed by atoms with Crippen LogP contribution in [-0.4, -0.2) is 29.9 Å². The Kier molecular flexibility index (Phi) is 5.25. The molecule has 2 aliphatic heterocycles. The Bertz CT molecular complexity index is 1210. The van der Waals surface area contributed by atoms with Gasteiger partial charge in [-0.1, -0.05) is 30.3 Å². The first kappa shape index (κ1) is 21.6. The molecule has 1 N–H and O–H groups in total. The van der Waals surface area contributed by atoms with Crippen molar-refractivity contribution in [3.05, 3.63) is 70.8 Å². The molecule has 0 radical (unpaired) electrons. The zero-order valence-corrected chi connectivity index (χ0v) is 19.0. The molecular weight excluding hydrogens is 402 g/mol. The number of anilines is 2. The number of likely N-dealkylation sites (N-methyl/N-ethyl adjacent to an activating group) is 1. The van der Waals surface area contributed by atoms with Gasteiger partial charge >= 0.3 is 6.03 Å². The molecule has 2 heterocycles. The van der Waals surface area contributed by atoms with Crippen LogP contribution in [0.1, 0.15) is 44.4 Å². The third-order valence-electron chi connectivity index (χ3n) is 6.09. The van der Waals surface area contributed by atoms with Gasteiger partial charge in [0.25, 0.3) is 11.8 Å². The number of amides is 4. The zero-order chi connectivity index (χ0) is 23.2. The highest BCUT2D eigenvalue weighted by atomic mass is 16.2. The summed E-state index contributed by atoms with van der Waals surface area (Å²) in [5.41, 5.74) is 5.11. The largest absolute Gasteiger partial charge is 0.363 e. The summed E-state index contributed by atoms with van der Waals surface area (Å²) in [5, 5.41) is 2.29.